The maximum absolute atomic E-state index is 12.1. The zero-order valence-corrected chi connectivity index (χ0v) is 16.2. The molecule has 0 aliphatic carbocycles. The lowest BCUT2D eigenvalue weighted by Gasteiger charge is -2.10. The van der Waals surface area contributed by atoms with E-state index < -0.39 is 0 Å². The maximum atomic E-state index is 12.1. The van der Waals surface area contributed by atoms with Gasteiger partial charge in [0.05, 0.1) is 18.1 Å². The summed E-state index contributed by atoms with van der Waals surface area (Å²) >= 11 is 3.33. The van der Waals surface area contributed by atoms with E-state index in [1.807, 2.05) is 36.0 Å². The Morgan fingerprint density at radius 2 is 2.08 bits per heavy atom. The summed E-state index contributed by atoms with van der Waals surface area (Å²) in [6, 6.07) is 7.65. The highest BCUT2D eigenvalue weighted by molar-refractivity contribution is 8.06. The number of thioether (sulfide) groups is 2. The van der Waals surface area contributed by atoms with E-state index >= 15 is 0 Å². The summed E-state index contributed by atoms with van der Waals surface area (Å²) in [6.07, 6.45) is 2.19. The second-order valence-electron chi connectivity index (χ2n) is 5.23. The van der Waals surface area contributed by atoms with Gasteiger partial charge in [0.15, 0.2) is 0 Å². The minimum atomic E-state index is -0.0733. The number of carbonyl (C=O) groups excluding carboxylic acids is 1. The summed E-state index contributed by atoms with van der Waals surface area (Å²) in [7, 11) is 0. The van der Waals surface area contributed by atoms with Gasteiger partial charge in [-0.1, -0.05) is 50.9 Å². The molecule has 0 bridgehead atoms. The van der Waals surface area contributed by atoms with Gasteiger partial charge in [-0.05, 0) is 46.9 Å². The van der Waals surface area contributed by atoms with Gasteiger partial charge in [0.1, 0.15) is 5.75 Å². The molecule has 1 aromatic rings. The summed E-state index contributed by atoms with van der Waals surface area (Å²) in [5.41, 5.74) is 0.928. The van der Waals surface area contributed by atoms with E-state index in [9.17, 15) is 4.79 Å². The smallest absolute Gasteiger partial charge is 0.229 e. The third-order valence-corrected chi connectivity index (χ3v) is 4.75. The molecule has 1 aromatic carbocycles. The molecule has 0 unspecified atom stereocenters. The van der Waals surface area contributed by atoms with Crippen LogP contribution in [0.25, 0.3) is 0 Å². The van der Waals surface area contributed by atoms with E-state index in [1.165, 1.54) is 11.8 Å². The molecule has 0 aromatic heterocycles. The molecule has 0 saturated carbocycles. The average Bonchev–Trinajstić information content (AvgIpc) is 2.53. The Labute approximate surface area is 154 Å². The van der Waals surface area contributed by atoms with Gasteiger partial charge in [-0.2, -0.15) is 11.8 Å². The second-order valence-corrected chi connectivity index (χ2v) is 7.90. The normalized spacial score (nSPS) is 10.2. The number of nitrogens with one attached hydrogen (secondary N) is 1. The van der Waals surface area contributed by atoms with Gasteiger partial charge < -0.3 is 10.1 Å². The first-order valence-corrected chi connectivity index (χ1v) is 10.2. The first-order valence-electron chi connectivity index (χ1n) is 8.19. The molecule has 132 valence electrons. The number of ether oxygens (including phenoxy) is 1. The molecule has 1 amide bonds. The quantitative estimate of drug-likeness (QED) is 0.529. The number of amides is 1. The van der Waals surface area contributed by atoms with Gasteiger partial charge in [-0.15, -0.1) is 0 Å². The molecule has 0 aliphatic heterocycles. The predicted molar refractivity (Wildman–Crippen MR) is 108 cm³/mol. The SMILES string of the molecule is C=C(CCSCC)SC(=C)NC(=O)Cc1cccc(OCCC)c1. The van der Waals surface area contributed by atoms with Crippen molar-refractivity contribution in [1.29, 1.82) is 0 Å². The first-order chi connectivity index (χ1) is 11.5. The third kappa shape index (κ3) is 9.08. The average molecular weight is 366 g/mol. The number of hydrogen-bond acceptors (Lipinski definition) is 4. The van der Waals surface area contributed by atoms with Gasteiger partial charge in [0.25, 0.3) is 0 Å². The van der Waals surface area contributed by atoms with E-state index in [0.29, 0.717) is 18.1 Å². The highest BCUT2D eigenvalue weighted by Crippen LogP contribution is 2.24. The zero-order valence-electron chi connectivity index (χ0n) is 14.6. The van der Waals surface area contributed by atoms with Crippen molar-refractivity contribution in [2.24, 2.45) is 0 Å². The number of rotatable bonds is 12. The minimum absolute atomic E-state index is 0.0733. The summed E-state index contributed by atoms with van der Waals surface area (Å²) in [5.74, 6) is 2.89. The van der Waals surface area contributed by atoms with Gasteiger partial charge in [-0.25, -0.2) is 0 Å². The Morgan fingerprint density at radius 3 is 2.79 bits per heavy atom. The van der Waals surface area contributed by atoms with Gasteiger partial charge in [-0.3, -0.25) is 4.79 Å². The van der Waals surface area contributed by atoms with Gasteiger partial charge in [0.2, 0.25) is 5.91 Å². The van der Waals surface area contributed by atoms with E-state index in [2.05, 4.69) is 32.3 Å². The molecule has 0 aliphatic rings. The molecule has 0 heterocycles. The molecule has 0 radical (unpaired) electrons. The Bertz CT molecular complexity index is 558. The minimum Gasteiger partial charge on any atom is -0.494 e. The molecule has 1 rings (SSSR count). The van der Waals surface area contributed by atoms with Crippen LogP contribution in [0.1, 0.15) is 32.3 Å². The van der Waals surface area contributed by atoms with Crippen molar-refractivity contribution in [2.75, 3.05) is 18.1 Å². The Balaban J connectivity index is 2.39. The van der Waals surface area contributed by atoms with Crippen molar-refractivity contribution in [1.82, 2.24) is 5.32 Å². The van der Waals surface area contributed by atoms with Crippen molar-refractivity contribution in [3.8, 4) is 5.75 Å². The van der Waals surface area contributed by atoms with Crippen LogP contribution in [0, 0.1) is 0 Å². The highest BCUT2D eigenvalue weighted by atomic mass is 32.2. The van der Waals surface area contributed by atoms with Crippen LogP contribution in [0.4, 0.5) is 0 Å². The largest absolute Gasteiger partial charge is 0.494 e. The van der Waals surface area contributed by atoms with Gasteiger partial charge >= 0.3 is 0 Å². The van der Waals surface area contributed by atoms with Crippen LogP contribution in [0.15, 0.2) is 47.4 Å². The Morgan fingerprint density at radius 1 is 1.29 bits per heavy atom. The second kappa shape index (κ2) is 12.1. The molecule has 0 spiro atoms. The molecule has 5 heteroatoms. The lowest BCUT2D eigenvalue weighted by Crippen LogP contribution is -2.22. The van der Waals surface area contributed by atoms with Crippen LogP contribution in [0.2, 0.25) is 0 Å². The number of hydrogen-bond donors (Lipinski definition) is 1. The van der Waals surface area contributed by atoms with Crippen molar-refractivity contribution in [3.05, 3.63) is 52.9 Å². The molecule has 3 nitrogen and oxygen atoms in total. The number of carbonyl (C=O) groups is 1. The fourth-order valence-corrected chi connectivity index (χ4v) is 3.46. The van der Waals surface area contributed by atoms with Gasteiger partial charge in [0, 0.05) is 0 Å². The van der Waals surface area contributed by atoms with Crippen molar-refractivity contribution in [2.45, 2.75) is 33.1 Å². The molecular weight excluding hydrogens is 338 g/mol. The van der Waals surface area contributed by atoms with Crippen molar-refractivity contribution >= 4 is 29.4 Å². The topological polar surface area (TPSA) is 38.3 Å². The Kier molecular flexibility index (Phi) is 10.4. The van der Waals surface area contributed by atoms with Crippen LogP contribution < -0.4 is 10.1 Å². The molecule has 0 saturated heterocycles. The van der Waals surface area contributed by atoms with Crippen LogP contribution in [0.5, 0.6) is 5.75 Å². The highest BCUT2D eigenvalue weighted by Gasteiger charge is 2.07. The van der Waals surface area contributed by atoms with Crippen LogP contribution in [0.3, 0.4) is 0 Å². The van der Waals surface area contributed by atoms with E-state index in [-0.39, 0.29) is 5.91 Å². The molecular formula is C19H27NO2S2. The lowest BCUT2D eigenvalue weighted by molar-refractivity contribution is -0.119. The molecule has 24 heavy (non-hydrogen) atoms. The monoisotopic (exact) mass is 365 g/mol. The fraction of sp³-hybridized carbons (Fsp3) is 0.421. The first kappa shape index (κ1) is 20.7. The number of allylic oxidation sites excluding steroid dienone is 1. The fourth-order valence-electron chi connectivity index (χ4n) is 1.93. The standard InChI is InChI=1S/C19H27NO2S2/c1-5-11-22-18-9-7-8-17(13-18)14-19(21)20-16(4)24-15(3)10-12-23-6-2/h7-9,13H,3-6,10-12,14H2,1-2H3,(H,20,21). The third-order valence-electron chi connectivity index (χ3n) is 3.01. The van der Waals surface area contributed by atoms with E-state index in [4.69, 9.17) is 4.74 Å². The summed E-state index contributed by atoms with van der Waals surface area (Å²) in [4.78, 5) is 13.2. The van der Waals surface area contributed by atoms with E-state index in [1.54, 1.807) is 0 Å². The van der Waals surface area contributed by atoms with E-state index in [0.717, 1.165) is 40.6 Å². The van der Waals surface area contributed by atoms with Crippen LogP contribution in [-0.4, -0.2) is 24.0 Å². The summed E-state index contributed by atoms with van der Waals surface area (Å²) in [5, 5.41) is 3.46. The Hall–Kier alpha value is -1.33. The maximum Gasteiger partial charge on any atom is 0.229 e. The zero-order chi connectivity index (χ0) is 17.8. The number of benzene rings is 1. The molecule has 0 atom stereocenters. The lowest BCUT2D eigenvalue weighted by atomic mass is 10.1. The van der Waals surface area contributed by atoms with Crippen molar-refractivity contribution < 1.29 is 9.53 Å². The van der Waals surface area contributed by atoms with Crippen LogP contribution >= 0.6 is 23.5 Å². The molecule has 1 N–H and O–H groups in total. The van der Waals surface area contributed by atoms with Crippen molar-refractivity contribution in [3.63, 3.8) is 0 Å². The molecule has 0 fully saturated rings. The predicted octanol–water partition coefficient (Wildman–Crippen LogP) is 5.00. The summed E-state index contributed by atoms with van der Waals surface area (Å²) in [6.45, 7) is 12.8. The van der Waals surface area contributed by atoms with Crippen LogP contribution in [-0.2, 0) is 11.2 Å². The summed E-state index contributed by atoms with van der Waals surface area (Å²) < 4.78 is 5.59.